The van der Waals surface area contributed by atoms with Crippen molar-refractivity contribution in [1.29, 1.82) is 0 Å². The zero-order valence-corrected chi connectivity index (χ0v) is 9.19. The summed E-state index contributed by atoms with van der Waals surface area (Å²) in [6.07, 6.45) is -3.76. The predicted octanol–water partition coefficient (Wildman–Crippen LogP) is 3.38. The number of hydrogen-bond donors (Lipinski definition) is 1. The molecule has 0 unspecified atom stereocenters. The summed E-state index contributed by atoms with van der Waals surface area (Å²) in [5.41, 5.74) is -0.178. The lowest BCUT2D eigenvalue weighted by atomic mass is 10.2. The van der Waals surface area contributed by atoms with E-state index in [1.54, 1.807) is 0 Å². The first-order valence-corrected chi connectivity index (χ1v) is 5.44. The Morgan fingerprint density at radius 1 is 1.35 bits per heavy atom. The summed E-state index contributed by atoms with van der Waals surface area (Å²) >= 11 is 0.400. The van der Waals surface area contributed by atoms with E-state index in [4.69, 9.17) is 5.11 Å². The summed E-state index contributed by atoms with van der Waals surface area (Å²) in [6, 6.07) is 5.41. The van der Waals surface area contributed by atoms with Gasteiger partial charge in [0.05, 0.1) is 11.3 Å². The maximum Gasteiger partial charge on any atom is 0.336 e. The second-order valence-corrected chi connectivity index (χ2v) is 4.17. The molecule has 0 atom stereocenters. The smallest absolute Gasteiger partial charge is 0.336 e. The molecule has 0 aromatic heterocycles. The van der Waals surface area contributed by atoms with E-state index in [1.165, 1.54) is 24.3 Å². The first-order chi connectivity index (χ1) is 7.84. The fourth-order valence-corrected chi connectivity index (χ4v) is 1.97. The minimum absolute atomic E-state index is 0.0420. The van der Waals surface area contributed by atoms with E-state index < -0.39 is 24.1 Å². The molecule has 0 fully saturated rings. The van der Waals surface area contributed by atoms with Gasteiger partial charge in [0, 0.05) is 4.90 Å². The molecule has 0 saturated carbocycles. The lowest BCUT2D eigenvalue weighted by Gasteiger charge is -2.15. The Bertz CT molecular complexity index is 409. The number of hydrogen-bond acceptors (Lipinski definition) is 2. The zero-order valence-electron chi connectivity index (χ0n) is 8.37. The number of halogens is 4. The van der Waals surface area contributed by atoms with Crippen molar-refractivity contribution in [3.05, 3.63) is 29.8 Å². The van der Waals surface area contributed by atoms with Gasteiger partial charge < -0.3 is 5.11 Å². The standard InChI is InChI=1S/C10H8F4O2S/c11-9(12)10(13,14)5-17-7-4-2-1-3-6(7)8(15)16/h1-4,9H,5H2,(H,15,16). The molecule has 17 heavy (non-hydrogen) atoms. The number of alkyl halides is 4. The Hall–Kier alpha value is -1.24. The van der Waals surface area contributed by atoms with Crippen molar-refractivity contribution >= 4 is 17.7 Å². The van der Waals surface area contributed by atoms with Gasteiger partial charge in [-0.1, -0.05) is 12.1 Å². The lowest BCUT2D eigenvalue weighted by molar-refractivity contribution is -0.109. The third-order valence-corrected chi connectivity index (χ3v) is 3.05. The SMILES string of the molecule is O=C(O)c1ccccc1SCC(F)(F)C(F)F. The highest BCUT2D eigenvalue weighted by atomic mass is 32.2. The van der Waals surface area contributed by atoms with Crippen molar-refractivity contribution in [2.24, 2.45) is 0 Å². The molecule has 0 spiro atoms. The average Bonchev–Trinajstić information content (AvgIpc) is 2.26. The molecule has 0 bridgehead atoms. The van der Waals surface area contributed by atoms with Crippen molar-refractivity contribution in [3.8, 4) is 0 Å². The van der Waals surface area contributed by atoms with E-state index in [0.29, 0.717) is 11.8 Å². The monoisotopic (exact) mass is 268 g/mol. The van der Waals surface area contributed by atoms with Crippen molar-refractivity contribution in [1.82, 2.24) is 0 Å². The number of rotatable bonds is 5. The summed E-state index contributed by atoms with van der Waals surface area (Å²) in [4.78, 5) is 10.8. The molecule has 1 aromatic rings. The van der Waals surface area contributed by atoms with Gasteiger partial charge in [0.15, 0.2) is 0 Å². The Kier molecular flexibility index (Phi) is 4.39. The van der Waals surface area contributed by atoms with Crippen molar-refractivity contribution < 1.29 is 27.5 Å². The third kappa shape index (κ3) is 3.62. The molecule has 1 rings (SSSR count). The molecule has 94 valence electrons. The summed E-state index contributed by atoms with van der Waals surface area (Å²) < 4.78 is 49.1. The number of carbonyl (C=O) groups is 1. The fraction of sp³-hybridized carbons (Fsp3) is 0.300. The number of carboxylic acids is 1. The number of aromatic carboxylic acids is 1. The van der Waals surface area contributed by atoms with Crippen LogP contribution in [0, 0.1) is 0 Å². The molecule has 0 amide bonds. The van der Waals surface area contributed by atoms with Crippen LogP contribution in [0.3, 0.4) is 0 Å². The Labute approximate surface area is 98.6 Å². The highest BCUT2D eigenvalue weighted by Crippen LogP contribution is 2.32. The van der Waals surface area contributed by atoms with Gasteiger partial charge >= 0.3 is 18.3 Å². The zero-order chi connectivity index (χ0) is 13.1. The molecule has 1 N–H and O–H groups in total. The largest absolute Gasteiger partial charge is 0.478 e. The predicted molar refractivity (Wildman–Crippen MR) is 55.1 cm³/mol. The molecule has 0 radical (unpaired) electrons. The second-order valence-electron chi connectivity index (χ2n) is 3.15. The van der Waals surface area contributed by atoms with Gasteiger partial charge in [-0.15, -0.1) is 11.8 Å². The highest BCUT2D eigenvalue weighted by Gasteiger charge is 2.40. The Balaban J connectivity index is 2.79. The van der Waals surface area contributed by atoms with E-state index in [1.807, 2.05) is 0 Å². The van der Waals surface area contributed by atoms with E-state index in [2.05, 4.69) is 0 Å². The molecule has 2 nitrogen and oxygen atoms in total. The van der Waals surface area contributed by atoms with Crippen LogP contribution in [0.5, 0.6) is 0 Å². The van der Waals surface area contributed by atoms with Crippen molar-refractivity contribution in [3.63, 3.8) is 0 Å². The van der Waals surface area contributed by atoms with Gasteiger partial charge in [-0.25, -0.2) is 13.6 Å². The minimum Gasteiger partial charge on any atom is -0.478 e. The number of carboxylic acid groups (broad SMARTS) is 1. The molecule has 0 aliphatic heterocycles. The van der Waals surface area contributed by atoms with Crippen LogP contribution in [-0.4, -0.2) is 29.2 Å². The maximum absolute atomic E-state index is 12.6. The van der Waals surface area contributed by atoms with E-state index >= 15 is 0 Å². The third-order valence-electron chi connectivity index (χ3n) is 1.86. The number of benzene rings is 1. The van der Waals surface area contributed by atoms with Crippen LogP contribution in [0.15, 0.2) is 29.2 Å². The van der Waals surface area contributed by atoms with Crippen LogP contribution >= 0.6 is 11.8 Å². The van der Waals surface area contributed by atoms with Gasteiger partial charge in [-0.2, -0.15) is 8.78 Å². The molecular weight excluding hydrogens is 260 g/mol. The average molecular weight is 268 g/mol. The van der Waals surface area contributed by atoms with E-state index in [-0.39, 0.29) is 10.5 Å². The summed E-state index contributed by atoms with van der Waals surface area (Å²) in [5, 5.41) is 8.76. The Morgan fingerprint density at radius 3 is 2.47 bits per heavy atom. The molecular formula is C10H8F4O2S. The molecule has 0 saturated heterocycles. The molecule has 0 heterocycles. The maximum atomic E-state index is 12.6. The molecule has 7 heteroatoms. The van der Waals surface area contributed by atoms with Gasteiger partial charge in [-0.3, -0.25) is 0 Å². The highest BCUT2D eigenvalue weighted by molar-refractivity contribution is 7.99. The van der Waals surface area contributed by atoms with Crippen LogP contribution in [0.2, 0.25) is 0 Å². The van der Waals surface area contributed by atoms with Crippen LogP contribution in [0.25, 0.3) is 0 Å². The van der Waals surface area contributed by atoms with Crippen LogP contribution in [-0.2, 0) is 0 Å². The molecule has 0 aliphatic carbocycles. The first kappa shape index (κ1) is 13.8. The van der Waals surface area contributed by atoms with Gasteiger partial charge in [0.2, 0.25) is 0 Å². The quantitative estimate of drug-likeness (QED) is 0.657. The van der Waals surface area contributed by atoms with E-state index in [9.17, 15) is 22.4 Å². The topological polar surface area (TPSA) is 37.3 Å². The molecule has 1 aromatic carbocycles. The van der Waals surface area contributed by atoms with Crippen molar-refractivity contribution in [2.75, 3.05) is 5.75 Å². The first-order valence-electron chi connectivity index (χ1n) is 4.45. The fourth-order valence-electron chi connectivity index (χ4n) is 1.01. The van der Waals surface area contributed by atoms with Crippen molar-refractivity contribution in [2.45, 2.75) is 17.2 Å². The van der Waals surface area contributed by atoms with Gasteiger partial charge in [-0.05, 0) is 12.1 Å². The van der Waals surface area contributed by atoms with Crippen LogP contribution in [0.1, 0.15) is 10.4 Å². The minimum atomic E-state index is -4.13. The summed E-state index contributed by atoms with van der Waals surface area (Å²) in [5.74, 6) is -6.57. The second kappa shape index (κ2) is 5.39. The summed E-state index contributed by atoms with van der Waals surface area (Å²) in [6.45, 7) is 0. The lowest BCUT2D eigenvalue weighted by Crippen LogP contribution is -2.29. The summed E-state index contributed by atoms with van der Waals surface area (Å²) in [7, 11) is 0. The van der Waals surface area contributed by atoms with E-state index in [0.717, 1.165) is 0 Å². The van der Waals surface area contributed by atoms with Crippen LogP contribution < -0.4 is 0 Å². The normalized spacial score (nSPS) is 11.8. The number of thioether (sulfide) groups is 1. The Morgan fingerprint density at radius 2 is 1.94 bits per heavy atom. The van der Waals surface area contributed by atoms with Crippen LogP contribution in [0.4, 0.5) is 17.6 Å². The van der Waals surface area contributed by atoms with Gasteiger partial charge in [0.1, 0.15) is 0 Å². The molecule has 0 aliphatic rings. The van der Waals surface area contributed by atoms with Gasteiger partial charge in [0.25, 0.3) is 0 Å².